The Morgan fingerprint density at radius 2 is 1.52 bits per heavy atom. The molecule has 0 fully saturated rings. The van der Waals surface area contributed by atoms with Crippen LogP contribution in [0.15, 0.2) is 97.1 Å². The zero-order valence-corrected chi connectivity index (χ0v) is 28.9. The average molecular weight is 656 g/mol. The number of nitrogens with zero attached hydrogens (tertiary/aromatic N) is 1. The molecule has 48 heavy (non-hydrogen) atoms. The van der Waals surface area contributed by atoms with Gasteiger partial charge in [-0.15, -0.1) is 0 Å². The summed E-state index contributed by atoms with van der Waals surface area (Å²) in [7, 11) is 1.72. The Kier molecular flexibility index (Phi) is 15.7. The number of rotatable bonds is 15. The number of carbonyl (C=O) groups excluding carboxylic acids is 2. The van der Waals surface area contributed by atoms with Gasteiger partial charge in [-0.05, 0) is 60.1 Å². The van der Waals surface area contributed by atoms with Gasteiger partial charge in [-0.3, -0.25) is 4.79 Å². The third-order valence-corrected chi connectivity index (χ3v) is 8.75. The number of hydrogen-bond donors (Lipinski definition) is 0. The van der Waals surface area contributed by atoms with Crippen molar-refractivity contribution in [1.82, 2.24) is 4.90 Å². The van der Waals surface area contributed by atoms with Gasteiger partial charge in [0.1, 0.15) is 24.5 Å². The van der Waals surface area contributed by atoms with Crippen molar-refractivity contribution < 1.29 is 28.5 Å². The highest BCUT2D eigenvalue weighted by atomic mass is 16.5. The minimum absolute atomic E-state index is 0.0427. The molecule has 1 aliphatic heterocycles. The lowest BCUT2D eigenvalue weighted by Gasteiger charge is -2.29. The third kappa shape index (κ3) is 12.9. The molecular formula is C41H53NO6. The first kappa shape index (κ1) is 36.9. The Morgan fingerprint density at radius 3 is 2.21 bits per heavy atom. The first-order chi connectivity index (χ1) is 23.4. The second-order valence-electron chi connectivity index (χ2n) is 12.8. The monoisotopic (exact) mass is 655 g/mol. The molecule has 7 nitrogen and oxygen atoms in total. The van der Waals surface area contributed by atoms with Crippen molar-refractivity contribution in [3.05, 3.63) is 114 Å². The molecule has 1 aliphatic rings. The van der Waals surface area contributed by atoms with E-state index in [2.05, 4.69) is 32.1 Å². The largest absolute Gasteiger partial charge is 0.491 e. The van der Waals surface area contributed by atoms with Crippen molar-refractivity contribution in [1.29, 1.82) is 0 Å². The number of benzene rings is 3. The van der Waals surface area contributed by atoms with E-state index in [-0.39, 0.29) is 12.0 Å². The van der Waals surface area contributed by atoms with E-state index < -0.39 is 18.1 Å². The second kappa shape index (κ2) is 20.4. The summed E-state index contributed by atoms with van der Waals surface area (Å²) in [5.74, 6) is 0.600. The lowest BCUT2D eigenvalue weighted by molar-refractivity contribution is -0.158. The molecule has 0 aliphatic carbocycles. The normalized spacial score (nSPS) is 20.6. The summed E-state index contributed by atoms with van der Waals surface area (Å²) in [6, 6.07) is 27.1. The van der Waals surface area contributed by atoms with Crippen LogP contribution in [0.2, 0.25) is 0 Å². The van der Waals surface area contributed by atoms with Gasteiger partial charge in [-0.2, -0.15) is 0 Å². The molecule has 1 heterocycles. The van der Waals surface area contributed by atoms with E-state index in [1.54, 1.807) is 11.9 Å². The zero-order chi connectivity index (χ0) is 34.0. The maximum atomic E-state index is 13.9. The maximum Gasteiger partial charge on any atom is 0.329 e. The number of hydrogen-bond acceptors (Lipinski definition) is 6. The van der Waals surface area contributed by atoms with Gasteiger partial charge in [0, 0.05) is 26.3 Å². The summed E-state index contributed by atoms with van der Waals surface area (Å²) in [5.41, 5.74) is 3.16. The smallest absolute Gasteiger partial charge is 0.329 e. The molecule has 0 spiro atoms. The fourth-order valence-corrected chi connectivity index (χ4v) is 5.84. The Balaban J connectivity index is 1.40. The minimum Gasteiger partial charge on any atom is -0.491 e. The predicted molar refractivity (Wildman–Crippen MR) is 189 cm³/mol. The van der Waals surface area contributed by atoms with Crippen LogP contribution in [-0.4, -0.2) is 55.3 Å². The van der Waals surface area contributed by atoms with Gasteiger partial charge in [0.25, 0.3) is 0 Å². The highest BCUT2D eigenvalue weighted by Gasteiger charge is 2.31. The van der Waals surface area contributed by atoms with Gasteiger partial charge < -0.3 is 23.8 Å². The van der Waals surface area contributed by atoms with Crippen molar-refractivity contribution >= 4 is 11.9 Å². The number of likely N-dealkylation sites (N-methyl/N-ethyl adjacent to an activating group) is 1. The summed E-state index contributed by atoms with van der Waals surface area (Å²) in [6.45, 7) is 6.27. The first-order valence-electron chi connectivity index (χ1n) is 17.5. The molecule has 0 bridgehead atoms. The number of esters is 1. The first-order valence-corrected chi connectivity index (χ1v) is 17.5. The van der Waals surface area contributed by atoms with E-state index in [9.17, 15) is 9.59 Å². The van der Waals surface area contributed by atoms with E-state index in [1.165, 1.54) is 0 Å². The highest BCUT2D eigenvalue weighted by molar-refractivity contribution is 5.84. The predicted octanol–water partition coefficient (Wildman–Crippen LogP) is 8.11. The fourth-order valence-electron chi connectivity index (χ4n) is 5.84. The zero-order valence-electron chi connectivity index (χ0n) is 28.9. The van der Waals surface area contributed by atoms with E-state index in [0.717, 1.165) is 54.5 Å². The molecule has 0 N–H and O–H groups in total. The summed E-state index contributed by atoms with van der Waals surface area (Å²) in [6.07, 6.45) is 9.51. The lowest BCUT2D eigenvalue weighted by Crippen LogP contribution is -2.45. The lowest BCUT2D eigenvalue weighted by atomic mass is 10.0. The highest BCUT2D eigenvalue weighted by Crippen LogP contribution is 2.22. The van der Waals surface area contributed by atoms with E-state index in [4.69, 9.17) is 18.9 Å². The molecule has 3 aromatic rings. The van der Waals surface area contributed by atoms with E-state index in [1.807, 2.05) is 78.9 Å². The van der Waals surface area contributed by atoms with Crippen LogP contribution < -0.4 is 4.74 Å². The van der Waals surface area contributed by atoms with Crippen LogP contribution in [0.25, 0.3) is 0 Å². The van der Waals surface area contributed by atoms with Crippen LogP contribution in [0.5, 0.6) is 5.75 Å². The quantitative estimate of drug-likeness (QED) is 0.0936. The molecule has 0 aromatic heterocycles. The topological polar surface area (TPSA) is 74.3 Å². The molecule has 0 unspecified atom stereocenters. The van der Waals surface area contributed by atoms with Crippen LogP contribution in [0.1, 0.15) is 75.5 Å². The molecule has 0 radical (unpaired) electrons. The molecule has 7 heteroatoms. The maximum absolute atomic E-state index is 13.9. The number of carbonyl (C=O) groups is 2. The van der Waals surface area contributed by atoms with Crippen molar-refractivity contribution in [2.24, 2.45) is 5.92 Å². The van der Waals surface area contributed by atoms with Gasteiger partial charge in [0.05, 0.1) is 25.9 Å². The van der Waals surface area contributed by atoms with Gasteiger partial charge in [-0.25, -0.2) is 4.79 Å². The number of cyclic esters (lactones) is 1. The Labute approximate surface area is 287 Å². The number of ether oxygens (including phenoxy) is 4. The van der Waals surface area contributed by atoms with Crippen LogP contribution in [0.3, 0.4) is 0 Å². The molecule has 1 amide bonds. The average Bonchev–Trinajstić information content (AvgIpc) is 3.11. The third-order valence-electron chi connectivity index (χ3n) is 8.75. The van der Waals surface area contributed by atoms with Crippen LogP contribution in [-0.2, 0) is 43.4 Å². The van der Waals surface area contributed by atoms with E-state index >= 15 is 0 Å². The standard InChI is InChI=1S/C41H53NO6/c1-4-13-37(47-31-35-17-9-6-10-18-35)29-38-23-20-32(2)14-11-12-19-40(43)42(3)39(41(44)48-38)28-33-21-24-36(25-22-33)46-27-26-45-30-34-15-7-5-8-16-34/h5-10,15-18,20-25,32,37-39H,4,11-14,19,26-31H2,1-3H3/b23-20+/t32-,37+,38+,39+/m1/s1. The molecule has 4 atom stereocenters. The summed E-state index contributed by atoms with van der Waals surface area (Å²) in [5, 5.41) is 0. The van der Waals surface area contributed by atoms with Crippen molar-refractivity contribution in [2.45, 2.75) is 96.7 Å². The van der Waals surface area contributed by atoms with Crippen LogP contribution >= 0.6 is 0 Å². The molecule has 4 rings (SSSR count). The molecule has 0 saturated carbocycles. The van der Waals surface area contributed by atoms with Crippen molar-refractivity contribution in [2.75, 3.05) is 20.3 Å². The van der Waals surface area contributed by atoms with Crippen molar-refractivity contribution in [3.8, 4) is 5.75 Å². The fraction of sp³-hybridized carbons (Fsp3) is 0.463. The summed E-state index contributed by atoms with van der Waals surface area (Å²) < 4.78 is 24.2. The number of allylic oxidation sites excluding steroid dienone is 1. The second-order valence-corrected chi connectivity index (χ2v) is 12.8. The Bertz CT molecular complexity index is 1380. The van der Waals surface area contributed by atoms with E-state index in [0.29, 0.717) is 51.6 Å². The summed E-state index contributed by atoms with van der Waals surface area (Å²) in [4.78, 5) is 28.8. The molecule has 3 aromatic carbocycles. The molecule has 258 valence electrons. The molecular weight excluding hydrogens is 602 g/mol. The number of amides is 1. The van der Waals surface area contributed by atoms with Gasteiger partial charge >= 0.3 is 5.97 Å². The van der Waals surface area contributed by atoms with Gasteiger partial charge in [0.2, 0.25) is 5.91 Å². The Morgan fingerprint density at radius 1 is 0.833 bits per heavy atom. The van der Waals surface area contributed by atoms with Crippen molar-refractivity contribution in [3.63, 3.8) is 0 Å². The van der Waals surface area contributed by atoms with Crippen LogP contribution in [0, 0.1) is 5.92 Å². The van der Waals surface area contributed by atoms with Crippen LogP contribution in [0.4, 0.5) is 0 Å². The van der Waals surface area contributed by atoms with Gasteiger partial charge in [0.15, 0.2) is 0 Å². The molecule has 0 saturated heterocycles. The SMILES string of the molecule is CCC[C@@H](C[C@@H]1/C=C/[C@H](C)CCCCC(=O)N(C)[C@@H](Cc2ccc(OCCOCc3ccccc3)cc2)C(=O)O1)OCc1ccccc1. The summed E-state index contributed by atoms with van der Waals surface area (Å²) >= 11 is 0. The Hall–Kier alpha value is -3.94. The minimum atomic E-state index is -0.750. The van der Waals surface area contributed by atoms with Gasteiger partial charge in [-0.1, -0.05) is 106 Å².